The Morgan fingerprint density at radius 3 is 2.71 bits per heavy atom. The number of hydrogen-bond donors (Lipinski definition) is 2. The van der Waals surface area contributed by atoms with Crippen LogP contribution in [0.5, 0.6) is 0 Å². The van der Waals surface area contributed by atoms with Crippen molar-refractivity contribution in [2.45, 2.75) is 59.5 Å². The van der Waals surface area contributed by atoms with Gasteiger partial charge in [-0.3, -0.25) is 9.69 Å². The summed E-state index contributed by atoms with van der Waals surface area (Å²) in [7, 11) is 0. The highest BCUT2D eigenvalue weighted by atomic mass is 32.1. The zero-order valence-corrected chi connectivity index (χ0v) is 21.4. The first-order valence-corrected chi connectivity index (χ1v) is 12.6. The van der Waals surface area contributed by atoms with Crippen LogP contribution in [-0.4, -0.2) is 67.1 Å². The Balaban J connectivity index is 1.55. The number of anilines is 1. The van der Waals surface area contributed by atoms with Crippen LogP contribution in [0.2, 0.25) is 0 Å². The van der Waals surface area contributed by atoms with Crippen LogP contribution < -0.4 is 10.6 Å². The average molecular weight is 481 g/mol. The van der Waals surface area contributed by atoms with Crippen LogP contribution in [0.1, 0.15) is 50.3 Å². The van der Waals surface area contributed by atoms with Crippen LogP contribution in [0.3, 0.4) is 0 Å². The number of aromatic nitrogens is 5. The van der Waals surface area contributed by atoms with E-state index in [1.165, 1.54) is 11.1 Å². The molecule has 4 aromatic rings. The Bertz CT molecular complexity index is 1380. The van der Waals surface area contributed by atoms with E-state index >= 15 is 0 Å². The van der Waals surface area contributed by atoms with Crippen molar-refractivity contribution in [1.82, 2.24) is 29.5 Å². The van der Waals surface area contributed by atoms with E-state index in [0.29, 0.717) is 12.5 Å². The minimum Gasteiger partial charge on any atom is -0.369 e. The highest BCUT2D eigenvalue weighted by Crippen LogP contribution is 2.41. The van der Waals surface area contributed by atoms with Gasteiger partial charge < -0.3 is 15.6 Å². The van der Waals surface area contributed by atoms with E-state index in [1.807, 2.05) is 4.52 Å². The van der Waals surface area contributed by atoms with Crippen LogP contribution in [0.15, 0.2) is 12.5 Å². The molecule has 1 aliphatic heterocycles. The topological polar surface area (TPSA) is 108 Å². The third-order valence-electron chi connectivity index (χ3n) is 7.07. The minimum absolute atomic E-state index is 0.228. The summed E-state index contributed by atoms with van der Waals surface area (Å²) in [6.45, 7) is 14.9. The molecule has 9 nitrogen and oxygen atoms in total. The van der Waals surface area contributed by atoms with Gasteiger partial charge in [0.1, 0.15) is 16.7 Å². The quantitative estimate of drug-likeness (QED) is 0.453. The van der Waals surface area contributed by atoms with Crippen molar-refractivity contribution in [3.05, 3.63) is 29.2 Å². The number of rotatable bonds is 5. The molecule has 0 unspecified atom stereocenters. The zero-order chi connectivity index (χ0) is 24.3. The lowest BCUT2D eigenvalue weighted by Gasteiger charge is -2.43. The normalized spacial score (nSPS) is 19.7. The van der Waals surface area contributed by atoms with Crippen molar-refractivity contribution in [3.8, 4) is 11.3 Å². The molecule has 1 amide bonds. The van der Waals surface area contributed by atoms with Gasteiger partial charge in [0.2, 0.25) is 5.91 Å². The molecule has 5 rings (SSSR count). The van der Waals surface area contributed by atoms with Gasteiger partial charge in [-0.25, -0.2) is 14.5 Å². The molecular formula is C24H32N8OS. The molecule has 2 atom stereocenters. The van der Waals surface area contributed by atoms with Crippen molar-refractivity contribution in [2.24, 2.45) is 5.73 Å². The number of amides is 1. The summed E-state index contributed by atoms with van der Waals surface area (Å²) < 4.78 is 1.85. The highest BCUT2D eigenvalue weighted by molar-refractivity contribution is 7.21. The first-order valence-electron chi connectivity index (χ1n) is 11.8. The van der Waals surface area contributed by atoms with Crippen molar-refractivity contribution in [1.29, 1.82) is 0 Å². The number of carbonyl (C=O) groups is 1. The van der Waals surface area contributed by atoms with E-state index in [-0.39, 0.29) is 18.0 Å². The summed E-state index contributed by atoms with van der Waals surface area (Å²) in [5.74, 6) is 0.0207. The molecule has 10 heteroatoms. The number of aromatic amines is 1. The average Bonchev–Trinajstić information content (AvgIpc) is 3.46. The number of nitrogens with two attached hydrogens (primary N) is 1. The van der Waals surface area contributed by atoms with Gasteiger partial charge in [-0.1, -0.05) is 25.2 Å². The maximum Gasteiger partial charge on any atom is 0.231 e. The SMILES string of the molecule is Cc1c(-c2[nH]c3sc(N4C[C@@H](C)N(CC(N)=O)C[C@@H]4C)nc3c2C(C)C)cn2ncnc2c1C. The van der Waals surface area contributed by atoms with Gasteiger partial charge in [-0.15, -0.1) is 0 Å². The van der Waals surface area contributed by atoms with E-state index in [2.05, 4.69) is 72.6 Å². The molecule has 0 spiro atoms. The van der Waals surface area contributed by atoms with E-state index in [4.69, 9.17) is 10.7 Å². The Labute approximate surface area is 203 Å². The molecule has 3 N–H and O–H groups in total. The number of pyridine rings is 1. The molecule has 0 bridgehead atoms. The molecule has 5 heterocycles. The Morgan fingerprint density at radius 2 is 2.00 bits per heavy atom. The number of carbonyl (C=O) groups excluding carboxylic acids is 1. The third kappa shape index (κ3) is 3.65. The second-order valence-electron chi connectivity index (χ2n) is 9.81. The largest absolute Gasteiger partial charge is 0.369 e. The lowest BCUT2D eigenvalue weighted by molar-refractivity contribution is -0.119. The number of aryl methyl sites for hydroxylation is 1. The lowest BCUT2D eigenvalue weighted by atomic mass is 9.96. The maximum absolute atomic E-state index is 11.4. The van der Waals surface area contributed by atoms with Gasteiger partial charge in [0, 0.05) is 42.5 Å². The molecule has 34 heavy (non-hydrogen) atoms. The van der Waals surface area contributed by atoms with Crippen LogP contribution in [0.4, 0.5) is 5.13 Å². The van der Waals surface area contributed by atoms with Crippen LogP contribution >= 0.6 is 11.3 Å². The molecule has 4 aromatic heterocycles. The summed E-state index contributed by atoms with van der Waals surface area (Å²) in [5.41, 5.74) is 13.2. The molecular weight excluding hydrogens is 448 g/mol. The van der Waals surface area contributed by atoms with E-state index < -0.39 is 0 Å². The van der Waals surface area contributed by atoms with Gasteiger partial charge in [-0.2, -0.15) is 5.10 Å². The number of nitrogens with one attached hydrogen (secondary N) is 1. The fourth-order valence-electron chi connectivity index (χ4n) is 5.11. The van der Waals surface area contributed by atoms with Crippen molar-refractivity contribution < 1.29 is 4.79 Å². The molecule has 0 saturated carbocycles. The van der Waals surface area contributed by atoms with E-state index in [9.17, 15) is 4.79 Å². The number of hydrogen-bond acceptors (Lipinski definition) is 7. The molecule has 0 aliphatic carbocycles. The van der Waals surface area contributed by atoms with Crippen molar-refractivity contribution in [2.75, 3.05) is 24.5 Å². The van der Waals surface area contributed by atoms with Crippen LogP contribution in [0.25, 0.3) is 27.3 Å². The predicted molar refractivity (Wildman–Crippen MR) is 137 cm³/mol. The minimum atomic E-state index is -0.279. The van der Waals surface area contributed by atoms with Crippen molar-refractivity contribution >= 4 is 38.4 Å². The Morgan fingerprint density at radius 1 is 1.24 bits per heavy atom. The summed E-state index contributed by atoms with van der Waals surface area (Å²) in [4.78, 5) is 30.3. The smallest absolute Gasteiger partial charge is 0.231 e. The van der Waals surface area contributed by atoms with Crippen molar-refractivity contribution in [3.63, 3.8) is 0 Å². The van der Waals surface area contributed by atoms with Crippen LogP contribution in [0, 0.1) is 13.8 Å². The fraction of sp³-hybridized carbons (Fsp3) is 0.500. The second kappa shape index (κ2) is 8.35. The molecule has 1 fully saturated rings. The molecule has 0 radical (unpaired) electrons. The summed E-state index contributed by atoms with van der Waals surface area (Å²) in [6, 6.07) is 0.471. The van der Waals surface area contributed by atoms with E-state index in [1.54, 1.807) is 17.7 Å². The molecule has 1 aliphatic rings. The number of piperazine rings is 1. The van der Waals surface area contributed by atoms with Gasteiger partial charge >= 0.3 is 0 Å². The summed E-state index contributed by atoms with van der Waals surface area (Å²) >= 11 is 1.70. The molecule has 1 saturated heterocycles. The second-order valence-corrected chi connectivity index (χ2v) is 10.8. The van der Waals surface area contributed by atoms with Crippen LogP contribution in [-0.2, 0) is 4.79 Å². The number of primary amides is 1. The first-order chi connectivity index (χ1) is 16.2. The van der Waals surface area contributed by atoms with Gasteiger partial charge in [0.15, 0.2) is 10.8 Å². The van der Waals surface area contributed by atoms with E-state index in [0.717, 1.165) is 51.0 Å². The third-order valence-corrected chi connectivity index (χ3v) is 8.08. The fourth-order valence-corrected chi connectivity index (χ4v) is 6.21. The number of nitrogens with zero attached hydrogens (tertiary/aromatic N) is 6. The van der Waals surface area contributed by atoms with Gasteiger partial charge in [0.25, 0.3) is 0 Å². The zero-order valence-electron chi connectivity index (χ0n) is 20.6. The Hall–Kier alpha value is -2.98. The number of H-pyrrole nitrogens is 1. The molecule has 0 aromatic carbocycles. The van der Waals surface area contributed by atoms with Gasteiger partial charge in [-0.05, 0) is 44.7 Å². The number of thiazole rings is 1. The lowest BCUT2D eigenvalue weighted by Crippen LogP contribution is -2.58. The first kappa shape index (κ1) is 22.8. The number of fused-ring (bicyclic) bond motifs is 2. The Kier molecular flexibility index (Phi) is 5.60. The maximum atomic E-state index is 11.4. The van der Waals surface area contributed by atoms with Gasteiger partial charge in [0.05, 0.1) is 12.2 Å². The molecule has 180 valence electrons. The predicted octanol–water partition coefficient (Wildman–Crippen LogP) is 3.46. The monoisotopic (exact) mass is 480 g/mol. The standard InChI is InChI=1S/C24H32N8OS/c1-12(2)19-20(17-9-32-22(26-11-27-32)16(6)15(17)5)28-23-21(19)29-24(34-23)31-8-13(3)30(7-14(31)4)10-18(25)33/h9,11-14,28H,7-8,10H2,1-6H3,(H2,25,33)/t13-,14+/m1/s1. The summed E-state index contributed by atoms with van der Waals surface area (Å²) in [5, 5.41) is 5.40. The highest BCUT2D eigenvalue weighted by Gasteiger charge is 2.32. The summed E-state index contributed by atoms with van der Waals surface area (Å²) in [6.07, 6.45) is 3.66.